The van der Waals surface area contributed by atoms with Crippen molar-refractivity contribution < 1.29 is 17.9 Å². The Bertz CT molecular complexity index is 1060. The lowest BCUT2D eigenvalue weighted by Gasteiger charge is -2.24. The molecule has 2 unspecified atom stereocenters. The summed E-state index contributed by atoms with van der Waals surface area (Å²) >= 11 is 6.30. The highest BCUT2D eigenvalue weighted by Crippen LogP contribution is 2.41. The summed E-state index contributed by atoms with van der Waals surface area (Å²) in [5.74, 6) is 0.764. The molecule has 1 N–H and O–H groups in total. The molecule has 1 aliphatic carbocycles. The third-order valence-corrected chi connectivity index (χ3v) is 8.09. The molecule has 0 radical (unpaired) electrons. The Balaban J connectivity index is 1.48. The molecule has 2 atom stereocenters. The van der Waals surface area contributed by atoms with E-state index in [2.05, 4.69) is 10.3 Å². The molecule has 0 spiro atoms. The molecule has 1 aliphatic heterocycles. The number of hydrogen-bond acceptors (Lipinski definition) is 5. The number of nitrogens with one attached hydrogen (secondary N) is 1. The molecular weight excluding hydrogens is 448 g/mol. The summed E-state index contributed by atoms with van der Waals surface area (Å²) in [6.07, 6.45) is 9.76. The second kappa shape index (κ2) is 9.89. The van der Waals surface area contributed by atoms with Gasteiger partial charge in [-0.1, -0.05) is 36.6 Å². The maximum absolute atomic E-state index is 12.9. The van der Waals surface area contributed by atoms with Crippen molar-refractivity contribution in [2.24, 2.45) is 5.92 Å². The summed E-state index contributed by atoms with van der Waals surface area (Å²) in [5.41, 5.74) is 1.94. The van der Waals surface area contributed by atoms with Gasteiger partial charge in [0.15, 0.2) is 9.84 Å². The molecule has 32 heavy (non-hydrogen) atoms. The summed E-state index contributed by atoms with van der Waals surface area (Å²) in [5, 5.41) is 3.12. The Morgan fingerprint density at radius 3 is 2.56 bits per heavy atom. The quantitative estimate of drug-likeness (QED) is 0.586. The fourth-order valence-corrected chi connectivity index (χ4v) is 6.21. The number of benzene rings is 1. The molecule has 1 aromatic heterocycles. The van der Waals surface area contributed by atoms with E-state index in [-0.39, 0.29) is 27.8 Å². The number of sulfone groups is 1. The predicted octanol–water partition coefficient (Wildman–Crippen LogP) is 5.29. The van der Waals surface area contributed by atoms with Gasteiger partial charge in [-0.2, -0.15) is 0 Å². The molecule has 1 saturated carbocycles. The molecule has 1 aromatic carbocycles. The molecule has 2 fully saturated rings. The number of aromatic nitrogens is 1. The summed E-state index contributed by atoms with van der Waals surface area (Å²) in [6, 6.07) is 8.84. The summed E-state index contributed by atoms with van der Waals surface area (Å²) in [4.78, 5) is 17.4. The van der Waals surface area contributed by atoms with Crippen molar-refractivity contribution >= 4 is 33.2 Å². The van der Waals surface area contributed by atoms with Crippen LogP contribution in [0.1, 0.15) is 68.1 Å². The van der Waals surface area contributed by atoms with Crippen molar-refractivity contribution in [1.29, 1.82) is 0 Å². The van der Waals surface area contributed by atoms with Gasteiger partial charge in [-0.05, 0) is 66.8 Å². The lowest BCUT2D eigenvalue weighted by atomic mass is 9.82. The first-order chi connectivity index (χ1) is 15.3. The van der Waals surface area contributed by atoms with Crippen LogP contribution < -0.4 is 5.32 Å². The minimum absolute atomic E-state index is 0.0187. The van der Waals surface area contributed by atoms with Crippen LogP contribution in [-0.2, 0) is 19.4 Å². The Morgan fingerprint density at radius 2 is 1.97 bits per heavy atom. The number of halogens is 1. The molecule has 6 nitrogen and oxygen atoms in total. The normalized spacial score (nSPS) is 20.4. The number of pyridine rings is 1. The Morgan fingerprint density at radius 1 is 1.19 bits per heavy atom. The van der Waals surface area contributed by atoms with E-state index in [0.717, 1.165) is 62.5 Å². The van der Waals surface area contributed by atoms with E-state index >= 15 is 0 Å². The fraction of sp³-hybridized carbons (Fsp3) is 0.500. The first kappa shape index (κ1) is 23.2. The van der Waals surface area contributed by atoms with Crippen molar-refractivity contribution in [2.45, 2.75) is 61.9 Å². The number of rotatable bonds is 7. The maximum atomic E-state index is 12.9. The Kier molecular flexibility index (Phi) is 7.17. The van der Waals surface area contributed by atoms with Gasteiger partial charge in [0, 0.05) is 25.5 Å². The minimum atomic E-state index is -3.40. The van der Waals surface area contributed by atoms with Gasteiger partial charge < -0.3 is 10.1 Å². The van der Waals surface area contributed by atoms with E-state index in [9.17, 15) is 13.2 Å². The van der Waals surface area contributed by atoms with Crippen molar-refractivity contribution in [3.8, 4) is 0 Å². The van der Waals surface area contributed by atoms with Crippen LogP contribution in [0.25, 0.3) is 0 Å². The fourth-order valence-electron chi connectivity index (χ4n) is 4.87. The largest absolute Gasteiger partial charge is 0.373 e. The van der Waals surface area contributed by atoms with Gasteiger partial charge >= 0.3 is 0 Å². The van der Waals surface area contributed by atoms with Gasteiger partial charge in [-0.15, -0.1) is 0 Å². The zero-order valence-electron chi connectivity index (χ0n) is 18.2. The van der Waals surface area contributed by atoms with Crippen molar-refractivity contribution in [1.82, 2.24) is 4.98 Å². The average Bonchev–Trinajstić information content (AvgIpc) is 3.46. The van der Waals surface area contributed by atoms with Crippen LogP contribution in [0.3, 0.4) is 0 Å². The maximum Gasteiger partial charge on any atom is 0.226 e. The number of carbonyl (C=O) groups excluding carboxylic acids is 1. The number of ether oxygens (including phenoxy) is 1. The summed E-state index contributed by atoms with van der Waals surface area (Å²) in [7, 11) is -3.40. The van der Waals surface area contributed by atoms with E-state index in [4.69, 9.17) is 16.3 Å². The van der Waals surface area contributed by atoms with E-state index < -0.39 is 9.84 Å². The van der Waals surface area contributed by atoms with Crippen LogP contribution >= 0.6 is 11.6 Å². The molecular formula is C24H29ClN2O4S. The lowest BCUT2D eigenvalue weighted by Crippen LogP contribution is -2.20. The monoisotopic (exact) mass is 476 g/mol. The number of amides is 1. The number of carbonyl (C=O) groups is 1. The van der Waals surface area contributed by atoms with Crippen LogP contribution in [0.15, 0.2) is 41.4 Å². The van der Waals surface area contributed by atoms with Gasteiger partial charge in [0.1, 0.15) is 5.82 Å². The van der Waals surface area contributed by atoms with E-state index in [1.54, 1.807) is 24.4 Å². The molecule has 172 valence electrons. The third-order valence-electron chi connectivity index (χ3n) is 6.51. The molecule has 2 aliphatic rings. The van der Waals surface area contributed by atoms with Gasteiger partial charge in [0.05, 0.1) is 16.0 Å². The van der Waals surface area contributed by atoms with Gasteiger partial charge in [-0.3, -0.25) is 4.79 Å². The molecule has 0 bridgehead atoms. The van der Waals surface area contributed by atoms with Crippen LogP contribution in [0.5, 0.6) is 0 Å². The summed E-state index contributed by atoms with van der Waals surface area (Å²) in [6.45, 7) is 0.779. The zero-order valence-corrected chi connectivity index (χ0v) is 19.8. The highest BCUT2D eigenvalue weighted by Gasteiger charge is 2.29. The molecule has 2 heterocycles. The molecule has 2 aromatic rings. The van der Waals surface area contributed by atoms with Crippen LogP contribution in [0.4, 0.5) is 5.82 Å². The highest BCUT2D eigenvalue weighted by molar-refractivity contribution is 7.90. The first-order valence-corrected chi connectivity index (χ1v) is 13.4. The summed E-state index contributed by atoms with van der Waals surface area (Å²) < 4.78 is 29.5. The highest BCUT2D eigenvalue weighted by atomic mass is 35.5. The third kappa shape index (κ3) is 5.50. The van der Waals surface area contributed by atoms with Crippen molar-refractivity contribution in [3.63, 3.8) is 0 Å². The second-order valence-electron chi connectivity index (χ2n) is 8.84. The average molecular weight is 477 g/mol. The SMILES string of the molecule is CS(=O)(=O)c1ccc(C(CC(=O)Nc2ccc(C3CCCO3)cn2)C2CCCC2)cc1Cl. The standard InChI is InChI=1S/C24H29ClN2O4S/c1-32(29,30)22-10-8-17(13-20(22)25)19(16-5-2-3-6-16)14-24(28)27-23-11-9-18(15-26-23)21-7-4-12-31-21/h8-11,13,15-16,19,21H,2-7,12,14H2,1H3,(H,26,27,28). The molecule has 1 saturated heterocycles. The van der Waals surface area contributed by atoms with Crippen LogP contribution in [-0.4, -0.2) is 32.2 Å². The predicted molar refractivity (Wildman–Crippen MR) is 125 cm³/mol. The first-order valence-electron chi connectivity index (χ1n) is 11.2. The number of hydrogen-bond donors (Lipinski definition) is 1. The van der Waals surface area contributed by atoms with Gasteiger partial charge in [0.2, 0.25) is 5.91 Å². The van der Waals surface area contributed by atoms with Gasteiger partial charge in [-0.25, -0.2) is 13.4 Å². The second-order valence-corrected chi connectivity index (χ2v) is 11.2. The number of anilines is 1. The number of nitrogens with zero attached hydrogens (tertiary/aromatic N) is 1. The topological polar surface area (TPSA) is 85.4 Å². The van der Waals surface area contributed by atoms with Crippen molar-refractivity contribution in [3.05, 3.63) is 52.7 Å². The van der Waals surface area contributed by atoms with Crippen LogP contribution in [0, 0.1) is 5.92 Å². The minimum Gasteiger partial charge on any atom is -0.373 e. The molecule has 8 heteroatoms. The lowest BCUT2D eigenvalue weighted by molar-refractivity contribution is -0.116. The van der Waals surface area contributed by atoms with Crippen molar-refractivity contribution in [2.75, 3.05) is 18.2 Å². The molecule has 1 amide bonds. The van der Waals surface area contributed by atoms with Gasteiger partial charge in [0.25, 0.3) is 0 Å². The van der Waals surface area contributed by atoms with Crippen LogP contribution in [0.2, 0.25) is 5.02 Å². The van der Waals surface area contributed by atoms with E-state index in [1.165, 1.54) is 0 Å². The Hall–Kier alpha value is -1.96. The van der Waals surface area contributed by atoms with E-state index in [0.29, 0.717) is 18.2 Å². The van der Waals surface area contributed by atoms with E-state index in [1.807, 2.05) is 12.1 Å². The Labute approximate surface area is 194 Å². The molecule has 4 rings (SSSR count). The zero-order chi connectivity index (χ0) is 22.7. The smallest absolute Gasteiger partial charge is 0.226 e.